The van der Waals surface area contributed by atoms with Gasteiger partial charge in [0.15, 0.2) is 4.80 Å². The minimum absolute atomic E-state index is 0.109. The second-order valence-electron chi connectivity index (χ2n) is 5.99. The van der Waals surface area contributed by atoms with Crippen LogP contribution in [0.25, 0.3) is 10.2 Å². The molecular formula is C18H19N3O6S. The number of esters is 1. The second kappa shape index (κ2) is 8.34. The Labute approximate surface area is 164 Å². The Morgan fingerprint density at radius 1 is 1.18 bits per heavy atom. The number of imide groups is 1. The molecule has 2 aromatic rings. The molecule has 28 heavy (non-hydrogen) atoms. The minimum atomic E-state index is -0.639. The molecule has 1 aliphatic rings. The van der Waals surface area contributed by atoms with Crippen LogP contribution in [0.15, 0.2) is 23.2 Å². The number of thiazole rings is 1. The van der Waals surface area contributed by atoms with Crippen LogP contribution in [0.5, 0.6) is 5.75 Å². The van der Waals surface area contributed by atoms with Gasteiger partial charge in [-0.15, -0.1) is 0 Å². The molecule has 3 amide bonds. The molecule has 1 saturated heterocycles. The lowest BCUT2D eigenvalue weighted by Gasteiger charge is -2.10. The summed E-state index contributed by atoms with van der Waals surface area (Å²) in [5, 5.41) is 0. The van der Waals surface area contributed by atoms with E-state index >= 15 is 0 Å². The van der Waals surface area contributed by atoms with Crippen molar-refractivity contribution in [3.63, 3.8) is 0 Å². The summed E-state index contributed by atoms with van der Waals surface area (Å²) in [6, 6.07) is 5.28. The van der Waals surface area contributed by atoms with E-state index in [0.29, 0.717) is 11.3 Å². The van der Waals surface area contributed by atoms with E-state index in [0.717, 1.165) is 9.60 Å². The number of amides is 3. The number of benzene rings is 1. The first-order chi connectivity index (χ1) is 13.4. The predicted octanol–water partition coefficient (Wildman–Crippen LogP) is 0.851. The van der Waals surface area contributed by atoms with Gasteiger partial charge in [-0.05, 0) is 25.1 Å². The Morgan fingerprint density at radius 2 is 1.89 bits per heavy atom. The topological polar surface area (TPSA) is 107 Å². The summed E-state index contributed by atoms with van der Waals surface area (Å²) in [5.41, 5.74) is 0.693. The number of methoxy groups -OCH3 is 1. The maximum Gasteiger partial charge on any atom is 0.326 e. The summed E-state index contributed by atoms with van der Waals surface area (Å²) < 4.78 is 12.6. The van der Waals surface area contributed by atoms with E-state index in [2.05, 4.69) is 4.99 Å². The minimum Gasteiger partial charge on any atom is -0.497 e. The third-order valence-corrected chi connectivity index (χ3v) is 5.19. The number of likely N-dealkylation sites (tertiary alicyclic amines) is 1. The summed E-state index contributed by atoms with van der Waals surface area (Å²) in [6.45, 7) is 1.42. The number of ether oxygens (including phenoxy) is 2. The maximum atomic E-state index is 12.4. The number of rotatable bonds is 6. The molecular weight excluding hydrogens is 386 g/mol. The lowest BCUT2D eigenvalue weighted by molar-refractivity contribution is -0.144. The van der Waals surface area contributed by atoms with Gasteiger partial charge in [-0.25, -0.2) is 0 Å². The van der Waals surface area contributed by atoms with E-state index in [1.165, 1.54) is 11.3 Å². The monoisotopic (exact) mass is 405 g/mol. The van der Waals surface area contributed by atoms with E-state index in [4.69, 9.17) is 9.47 Å². The van der Waals surface area contributed by atoms with Crippen molar-refractivity contribution < 1.29 is 28.7 Å². The molecule has 3 rings (SSSR count). The van der Waals surface area contributed by atoms with Crippen LogP contribution in [-0.4, -0.2) is 53.4 Å². The highest BCUT2D eigenvalue weighted by molar-refractivity contribution is 7.16. The molecule has 9 nitrogen and oxygen atoms in total. The van der Waals surface area contributed by atoms with Gasteiger partial charge in [0.25, 0.3) is 5.91 Å². The van der Waals surface area contributed by atoms with Crippen molar-refractivity contribution in [1.29, 1.82) is 0 Å². The van der Waals surface area contributed by atoms with Crippen molar-refractivity contribution >= 4 is 45.2 Å². The molecule has 1 aromatic carbocycles. The van der Waals surface area contributed by atoms with Gasteiger partial charge in [0.1, 0.15) is 18.8 Å². The molecule has 2 heterocycles. The van der Waals surface area contributed by atoms with Crippen molar-refractivity contribution in [2.24, 2.45) is 4.99 Å². The average Bonchev–Trinajstić information content (AvgIpc) is 3.15. The number of fused-ring (bicyclic) bond motifs is 1. The summed E-state index contributed by atoms with van der Waals surface area (Å²) in [6.07, 6.45) is 0.218. The molecule has 0 bridgehead atoms. The van der Waals surface area contributed by atoms with Gasteiger partial charge in [0.2, 0.25) is 11.8 Å². The van der Waals surface area contributed by atoms with Crippen molar-refractivity contribution in [1.82, 2.24) is 9.47 Å². The van der Waals surface area contributed by atoms with E-state index in [9.17, 15) is 19.2 Å². The Hall–Kier alpha value is -3.01. The Morgan fingerprint density at radius 3 is 2.54 bits per heavy atom. The Balaban J connectivity index is 1.98. The molecule has 1 aromatic heterocycles. The maximum absolute atomic E-state index is 12.4. The molecule has 1 aliphatic heterocycles. The van der Waals surface area contributed by atoms with E-state index in [-0.39, 0.29) is 42.6 Å². The summed E-state index contributed by atoms with van der Waals surface area (Å²) in [4.78, 5) is 53.0. The fourth-order valence-corrected chi connectivity index (χ4v) is 3.91. The van der Waals surface area contributed by atoms with Crippen LogP contribution in [0.4, 0.5) is 0 Å². The van der Waals surface area contributed by atoms with Crippen LogP contribution in [0.2, 0.25) is 0 Å². The lowest BCUT2D eigenvalue weighted by Crippen LogP contribution is -2.34. The molecule has 10 heteroatoms. The molecule has 0 saturated carbocycles. The zero-order chi connectivity index (χ0) is 20.3. The van der Waals surface area contributed by atoms with Gasteiger partial charge in [-0.1, -0.05) is 11.3 Å². The first kappa shape index (κ1) is 19.7. The molecule has 0 aliphatic carbocycles. The normalized spacial score (nSPS) is 14.8. The largest absolute Gasteiger partial charge is 0.497 e. The SMILES string of the molecule is CCOC(=O)Cn1c(=NC(=O)CN2C(=O)CCC2=O)sc2cc(OC)ccc21. The van der Waals surface area contributed by atoms with Crippen LogP contribution < -0.4 is 9.54 Å². The second-order valence-corrected chi connectivity index (χ2v) is 7.00. The van der Waals surface area contributed by atoms with Crippen molar-refractivity contribution in [2.75, 3.05) is 20.3 Å². The van der Waals surface area contributed by atoms with Crippen molar-refractivity contribution in [3.05, 3.63) is 23.0 Å². The van der Waals surface area contributed by atoms with Gasteiger partial charge >= 0.3 is 5.97 Å². The lowest BCUT2D eigenvalue weighted by atomic mass is 10.3. The third kappa shape index (κ3) is 4.11. The molecule has 0 radical (unpaired) electrons. The average molecular weight is 405 g/mol. The fraction of sp³-hybridized carbons (Fsp3) is 0.389. The van der Waals surface area contributed by atoms with Gasteiger partial charge in [0, 0.05) is 12.8 Å². The van der Waals surface area contributed by atoms with Gasteiger partial charge in [0.05, 0.1) is 23.9 Å². The number of hydrogen-bond acceptors (Lipinski definition) is 7. The van der Waals surface area contributed by atoms with E-state index in [1.807, 2.05) is 0 Å². The number of carbonyl (C=O) groups is 4. The summed E-state index contributed by atoms with van der Waals surface area (Å²) in [5.74, 6) is -1.23. The van der Waals surface area contributed by atoms with E-state index < -0.39 is 18.4 Å². The predicted molar refractivity (Wildman–Crippen MR) is 99.5 cm³/mol. The van der Waals surface area contributed by atoms with Crippen LogP contribution in [0, 0.1) is 0 Å². The molecule has 0 atom stereocenters. The molecule has 1 fully saturated rings. The van der Waals surface area contributed by atoms with Crippen LogP contribution in [0.3, 0.4) is 0 Å². The zero-order valence-electron chi connectivity index (χ0n) is 15.5. The number of hydrogen-bond donors (Lipinski definition) is 0. The van der Waals surface area contributed by atoms with Gasteiger partial charge in [-0.2, -0.15) is 4.99 Å². The Bertz CT molecular complexity index is 1010. The zero-order valence-corrected chi connectivity index (χ0v) is 16.3. The number of aromatic nitrogens is 1. The smallest absolute Gasteiger partial charge is 0.326 e. The first-order valence-corrected chi connectivity index (χ1v) is 9.48. The molecule has 0 N–H and O–H groups in total. The van der Waals surface area contributed by atoms with Crippen molar-refractivity contribution in [2.45, 2.75) is 26.3 Å². The number of nitrogens with zero attached hydrogens (tertiary/aromatic N) is 3. The van der Waals surface area contributed by atoms with Crippen LogP contribution in [0.1, 0.15) is 19.8 Å². The standard InChI is InChI=1S/C18H19N3O6S/c1-3-27-17(25)10-20-12-5-4-11(26-2)8-13(12)28-18(20)19-14(22)9-21-15(23)6-7-16(21)24/h4-5,8H,3,6-7,9-10H2,1-2H3. The highest BCUT2D eigenvalue weighted by Crippen LogP contribution is 2.23. The first-order valence-electron chi connectivity index (χ1n) is 8.66. The quantitative estimate of drug-likeness (QED) is 0.521. The Kier molecular flexibility index (Phi) is 5.88. The van der Waals surface area contributed by atoms with Crippen LogP contribution >= 0.6 is 11.3 Å². The molecule has 0 spiro atoms. The third-order valence-electron chi connectivity index (χ3n) is 4.15. The molecule has 148 valence electrons. The molecule has 0 unspecified atom stereocenters. The number of carbonyl (C=O) groups excluding carboxylic acids is 4. The van der Waals surface area contributed by atoms with E-state index in [1.54, 1.807) is 36.8 Å². The highest BCUT2D eigenvalue weighted by Gasteiger charge is 2.30. The highest BCUT2D eigenvalue weighted by atomic mass is 32.1. The fourth-order valence-electron chi connectivity index (χ4n) is 2.83. The van der Waals surface area contributed by atoms with Crippen molar-refractivity contribution in [3.8, 4) is 5.75 Å². The summed E-state index contributed by atoms with van der Waals surface area (Å²) in [7, 11) is 1.54. The summed E-state index contributed by atoms with van der Waals surface area (Å²) >= 11 is 1.20. The van der Waals surface area contributed by atoms with Gasteiger partial charge < -0.3 is 14.0 Å². The van der Waals surface area contributed by atoms with Crippen LogP contribution in [-0.2, 0) is 30.5 Å². The van der Waals surface area contributed by atoms with Gasteiger partial charge in [-0.3, -0.25) is 24.1 Å².